The lowest BCUT2D eigenvalue weighted by molar-refractivity contribution is 0.0734. The lowest BCUT2D eigenvalue weighted by atomic mass is 10.2. The highest BCUT2D eigenvalue weighted by molar-refractivity contribution is 7.80. The van der Waals surface area contributed by atoms with Gasteiger partial charge >= 0.3 is 5.97 Å². The molecule has 0 saturated heterocycles. The third kappa shape index (κ3) is 6.68. The maximum atomic E-state index is 12.4. The first kappa shape index (κ1) is 23.6. The number of carbonyl (C=O) groups is 1. The molecule has 33 heavy (non-hydrogen) atoms. The van der Waals surface area contributed by atoms with Crippen LogP contribution in [0.1, 0.15) is 15.9 Å². The topological polar surface area (TPSA) is 90.4 Å². The molecular formula is C24H23N3O5S. The number of anilines is 1. The zero-order valence-electron chi connectivity index (χ0n) is 18.3. The van der Waals surface area contributed by atoms with Gasteiger partial charge in [0.05, 0.1) is 33.1 Å². The van der Waals surface area contributed by atoms with Gasteiger partial charge in [-0.15, -0.1) is 0 Å². The number of thiocarbonyl (C=S) groups is 1. The van der Waals surface area contributed by atoms with Crippen molar-refractivity contribution in [3.8, 4) is 23.0 Å². The van der Waals surface area contributed by atoms with Crippen molar-refractivity contribution in [3.05, 3.63) is 77.9 Å². The van der Waals surface area contributed by atoms with Crippen molar-refractivity contribution in [1.82, 2.24) is 5.43 Å². The quantitative estimate of drug-likeness (QED) is 0.168. The van der Waals surface area contributed by atoms with Crippen LogP contribution in [0.2, 0.25) is 0 Å². The van der Waals surface area contributed by atoms with E-state index in [-0.39, 0.29) is 0 Å². The second kappa shape index (κ2) is 11.5. The molecule has 3 aromatic rings. The summed E-state index contributed by atoms with van der Waals surface area (Å²) in [7, 11) is 4.64. The van der Waals surface area contributed by atoms with Gasteiger partial charge in [-0.2, -0.15) is 5.10 Å². The molecule has 0 unspecified atom stereocenters. The number of carbonyl (C=O) groups excluding carboxylic acids is 1. The van der Waals surface area contributed by atoms with Crippen molar-refractivity contribution in [1.29, 1.82) is 0 Å². The van der Waals surface area contributed by atoms with Crippen molar-refractivity contribution in [2.45, 2.75) is 0 Å². The molecule has 0 radical (unpaired) electrons. The molecule has 8 nitrogen and oxygen atoms in total. The maximum Gasteiger partial charge on any atom is 0.343 e. The first-order valence-electron chi connectivity index (χ1n) is 9.80. The summed E-state index contributed by atoms with van der Waals surface area (Å²) in [4.78, 5) is 12.4. The molecule has 3 rings (SSSR count). The SMILES string of the molecule is COc1ccc(NC(=S)N/N=C\c2ccc(OC(=O)c3ccc(OC)c(OC)c3)cc2)cc1. The Morgan fingerprint density at radius 2 is 1.52 bits per heavy atom. The number of hydrogen-bond acceptors (Lipinski definition) is 7. The van der Waals surface area contributed by atoms with Gasteiger partial charge in [-0.05, 0) is 84.5 Å². The van der Waals surface area contributed by atoms with Gasteiger partial charge in [-0.3, -0.25) is 5.43 Å². The normalized spacial score (nSPS) is 10.4. The van der Waals surface area contributed by atoms with Crippen molar-refractivity contribution in [3.63, 3.8) is 0 Å². The van der Waals surface area contributed by atoms with E-state index in [1.807, 2.05) is 24.3 Å². The Labute approximate surface area is 197 Å². The summed E-state index contributed by atoms with van der Waals surface area (Å²) in [6.07, 6.45) is 1.60. The summed E-state index contributed by atoms with van der Waals surface area (Å²) in [6.45, 7) is 0. The van der Waals surface area contributed by atoms with Crippen LogP contribution in [0.15, 0.2) is 71.8 Å². The summed E-state index contributed by atoms with van der Waals surface area (Å²) in [6, 6.07) is 19.1. The van der Waals surface area contributed by atoms with Crippen LogP contribution in [-0.4, -0.2) is 38.6 Å². The predicted molar refractivity (Wildman–Crippen MR) is 131 cm³/mol. The van der Waals surface area contributed by atoms with Crippen LogP contribution in [0.4, 0.5) is 5.69 Å². The first-order chi connectivity index (χ1) is 16.0. The van der Waals surface area contributed by atoms with Gasteiger partial charge in [0.15, 0.2) is 16.6 Å². The van der Waals surface area contributed by atoms with Gasteiger partial charge in [-0.25, -0.2) is 4.79 Å². The number of nitrogens with one attached hydrogen (secondary N) is 2. The molecular weight excluding hydrogens is 442 g/mol. The molecule has 170 valence electrons. The maximum absolute atomic E-state index is 12.4. The number of nitrogens with zero attached hydrogens (tertiary/aromatic N) is 1. The van der Waals surface area contributed by atoms with Gasteiger partial charge in [0.1, 0.15) is 11.5 Å². The number of esters is 1. The van der Waals surface area contributed by atoms with E-state index in [9.17, 15) is 4.79 Å². The summed E-state index contributed by atoms with van der Waals surface area (Å²) < 4.78 is 20.9. The number of rotatable bonds is 8. The molecule has 3 aromatic carbocycles. The first-order valence-corrected chi connectivity index (χ1v) is 10.2. The highest BCUT2D eigenvalue weighted by atomic mass is 32.1. The fraction of sp³-hybridized carbons (Fsp3) is 0.125. The van der Waals surface area contributed by atoms with Crippen LogP contribution in [-0.2, 0) is 0 Å². The second-order valence-corrected chi connectivity index (χ2v) is 6.99. The lowest BCUT2D eigenvalue weighted by Crippen LogP contribution is -2.23. The largest absolute Gasteiger partial charge is 0.497 e. The average Bonchev–Trinajstić information content (AvgIpc) is 2.85. The number of methoxy groups -OCH3 is 3. The summed E-state index contributed by atoms with van der Waals surface area (Å²) in [5.41, 5.74) is 4.70. The minimum absolute atomic E-state index is 0.344. The second-order valence-electron chi connectivity index (χ2n) is 6.58. The van der Waals surface area contributed by atoms with Gasteiger partial charge < -0.3 is 24.3 Å². The molecule has 2 N–H and O–H groups in total. The monoisotopic (exact) mass is 465 g/mol. The molecule has 0 aromatic heterocycles. The summed E-state index contributed by atoms with van der Waals surface area (Å²) in [5, 5.41) is 7.47. The number of benzene rings is 3. The molecule has 9 heteroatoms. The fourth-order valence-electron chi connectivity index (χ4n) is 2.75. The van der Waals surface area contributed by atoms with Gasteiger partial charge in [0, 0.05) is 5.69 Å². The van der Waals surface area contributed by atoms with E-state index in [1.165, 1.54) is 14.2 Å². The van der Waals surface area contributed by atoms with E-state index >= 15 is 0 Å². The van der Waals surface area contributed by atoms with Gasteiger partial charge in [0.25, 0.3) is 0 Å². The van der Waals surface area contributed by atoms with Gasteiger partial charge in [-0.1, -0.05) is 0 Å². The van der Waals surface area contributed by atoms with E-state index in [2.05, 4.69) is 15.8 Å². The van der Waals surface area contributed by atoms with E-state index in [1.54, 1.807) is 55.8 Å². The zero-order valence-corrected chi connectivity index (χ0v) is 19.1. The van der Waals surface area contributed by atoms with Crippen molar-refractivity contribution in [2.24, 2.45) is 5.10 Å². The van der Waals surface area contributed by atoms with Crippen LogP contribution in [0.25, 0.3) is 0 Å². The Bertz CT molecular complexity index is 1130. The minimum atomic E-state index is -0.506. The molecule has 0 spiro atoms. The van der Waals surface area contributed by atoms with E-state index < -0.39 is 5.97 Å². The van der Waals surface area contributed by atoms with Crippen LogP contribution in [0, 0.1) is 0 Å². The van der Waals surface area contributed by atoms with E-state index in [4.69, 9.17) is 31.2 Å². The molecule has 0 heterocycles. The summed E-state index contributed by atoms with van der Waals surface area (Å²) in [5.74, 6) is 1.64. The number of hydrogen-bond donors (Lipinski definition) is 2. The number of hydrazone groups is 1. The van der Waals surface area contributed by atoms with Crippen LogP contribution < -0.4 is 29.7 Å². The van der Waals surface area contributed by atoms with E-state index in [0.29, 0.717) is 27.9 Å². The Kier molecular flexibility index (Phi) is 8.20. The average molecular weight is 466 g/mol. The van der Waals surface area contributed by atoms with Crippen molar-refractivity contribution < 1.29 is 23.7 Å². The Morgan fingerprint density at radius 1 is 0.848 bits per heavy atom. The Morgan fingerprint density at radius 3 is 2.15 bits per heavy atom. The van der Waals surface area contributed by atoms with Gasteiger partial charge in [0.2, 0.25) is 0 Å². The van der Waals surface area contributed by atoms with Crippen molar-refractivity contribution >= 4 is 35.2 Å². The fourth-order valence-corrected chi connectivity index (χ4v) is 2.92. The lowest BCUT2D eigenvalue weighted by Gasteiger charge is -2.09. The van der Waals surface area contributed by atoms with E-state index in [0.717, 1.165) is 17.0 Å². The minimum Gasteiger partial charge on any atom is -0.497 e. The predicted octanol–water partition coefficient (Wildman–Crippen LogP) is 4.25. The molecule has 0 saturated carbocycles. The molecule has 0 atom stereocenters. The standard InChI is InChI=1S/C24H23N3O5S/c1-29-19-11-7-18(8-12-19)26-24(33)27-25-15-16-4-9-20(10-5-16)32-23(28)17-6-13-21(30-2)22(14-17)31-3/h4-15H,1-3H3,(H2,26,27,33)/b25-15-. The molecule has 0 aliphatic rings. The molecule has 0 fully saturated rings. The Balaban J connectivity index is 1.52. The smallest absolute Gasteiger partial charge is 0.343 e. The van der Waals surface area contributed by atoms with Crippen LogP contribution >= 0.6 is 12.2 Å². The highest BCUT2D eigenvalue weighted by Crippen LogP contribution is 2.28. The zero-order chi connectivity index (χ0) is 23.6. The van der Waals surface area contributed by atoms with Crippen LogP contribution in [0.5, 0.6) is 23.0 Å². The van der Waals surface area contributed by atoms with Crippen molar-refractivity contribution in [2.75, 3.05) is 26.6 Å². The molecule has 0 aliphatic heterocycles. The highest BCUT2D eigenvalue weighted by Gasteiger charge is 2.12. The summed E-state index contributed by atoms with van der Waals surface area (Å²) >= 11 is 5.22. The molecule has 0 bridgehead atoms. The molecule has 0 aliphatic carbocycles. The van der Waals surface area contributed by atoms with Crippen LogP contribution in [0.3, 0.4) is 0 Å². The molecule has 0 amide bonds. The third-order valence-corrected chi connectivity index (χ3v) is 4.63. The number of ether oxygens (including phenoxy) is 4. The third-order valence-electron chi connectivity index (χ3n) is 4.44. The Hall–Kier alpha value is -4.11.